The van der Waals surface area contributed by atoms with Crippen molar-refractivity contribution in [2.45, 2.75) is 51.9 Å². The zero-order valence-electron chi connectivity index (χ0n) is 22.2. The highest BCUT2D eigenvalue weighted by Crippen LogP contribution is 2.31. The van der Waals surface area contributed by atoms with Crippen LogP contribution in [-0.2, 0) is 24.1 Å². The Labute approximate surface area is 233 Å². The molecule has 1 saturated heterocycles. The number of likely N-dealkylation sites (N-methyl/N-ethyl adjacent to an activating group) is 1. The fourth-order valence-corrected chi connectivity index (χ4v) is 5.30. The van der Waals surface area contributed by atoms with Gasteiger partial charge in [-0.3, -0.25) is 9.69 Å². The van der Waals surface area contributed by atoms with Gasteiger partial charge in [0.05, 0.1) is 27.2 Å². The lowest BCUT2D eigenvalue weighted by Crippen LogP contribution is -3.00. The lowest BCUT2D eigenvalue weighted by atomic mass is 9.89. The minimum Gasteiger partial charge on any atom is -1.00 e. The van der Waals surface area contributed by atoms with Crippen LogP contribution in [0.3, 0.4) is 0 Å². The number of aromatic amines is 1. The summed E-state index contributed by atoms with van der Waals surface area (Å²) in [5.41, 5.74) is 5.53. The van der Waals surface area contributed by atoms with Crippen LogP contribution in [0.25, 0.3) is 10.9 Å². The first-order chi connectivity index (χ1) is 16.9. The molecule has 196 valence electrons. The molecule has 6 heteroatoms. The predicted molar refractivity (Wildman–Crippen MR) is 144 cm³/mol. The maximum Gasteiger partial charge on any atom is 0.137 e. The van der Waals surface area contributed by atoms with E-state index in [0.717, 1.165) is 66.4 Å². The highest BCUT2D eigenvalue weighted by molar-refractivity contribution is 5.84. The minimum absolute atomic E-state index is 0. The molecule has 0 atom stereocenters. The number of benzene rings is 2. The number of ketones is 1. The van der Waals surface area contributed by atoms with E-state index in [4.69, 9.17) is 0 Å². The summed E-state index contributed by atoms with van der Waals surface area (Å²) in [5.74, 6) is 0.642. The van der Waals surface area contributed by atoms with Crippen molar-refractivity contribution in [3.8, 4) is 5.75 Å². The number of phenolic OH excluding ortho intramolecular Hbond substituents is 1. The number of phenols is 1. The Hall–Kier alpha value is -1.90. The van der Waals surface area contributed by atoms with E-state index in [0.29, 0.717) is 30.8 Å². The Kier molecular flexibility index (Phi) is 10.4. The molecule has 0 spiro atoms. The fraction of sp³-hybridized carbons (Fsp3) is 0.500. The number of carbonyl (C=O) groups excluding carboxylic acids is 1. The summed E-state index contributed by atoms with van der Waals surface area (Å²) in [6.07, 6.45) is 7.76. The van der Waals surface area contributed by atoms with Crippen molar-refractivity contribution in [3.63, 3.8) is 0 Å². The van der Waals surface area contributed by atoms with Crippen LogP contribution < -0.4 is 24.0 Å². The SMILES string of the molecule is CCCCc1c(CC(=O)CCCN2CC[N+](C)(C)CC2)ccc(O)c1Cc1c[nH]c2ccccc12.[I-]. The van der Waals surface area contributed by atoms with Gasteiger partial charge in [0, 0.05) is 55.0 Å². The monoisotopic (exact) mass is 603 g/mol. The number of aromatic nitrogens is 1. The van der Waals surface area contributed by atoms with Gasteiger partial charge in [-0.2, -0.15) is 0 Å². The van der Waals surface area contributed by atoms with Gasteiger partial charge >= 0.3 is 0 Å². The summed E-state index contributed by atoms with van der Waals surface area (Å²) in [6, 6.07) is 12.0. The summed E-state index contributed by atoms with van der Waals surface area (Å²) in [7, 11) is 4.59. The Balaban J connectivity index is 0.00000361. The van der Waals surface area contributed by atoms with Crippen LogP contribution in [0.4, 0.5) is 0 Å². The van der Waals surface area contributed by atoms with E-state index in [1.807, 2.05) is 18.3 Å². The van der Waals surface area contributed by atoms with E-state index in [9.17, 15) is 9.90 Å². The normalized spacial score (nSPS) is 15.6. The smallest absolute Gasteiger partial charge is 0.137 e. The van der Waals surface area contributed by atoms with Crippen molar-refractivity contribution in [1.82, 2.24) is 9.88 Å². The third-order valence-electron chi connectivity index (χ3n) is 7.69. The summed E-state index contributed by atoms with van der Waals surface area (Å²) in [5, 5.41) is 12.0. The molecule has 0 saturated carbocycles. The first kappa shape index (κ1) is 28.7. The number of quaternary nitrogens is 1. The molecule has 1 fully saturated rings. The molecule has 1 aliphatic rings. The number of Topliss-reactive ketones (excluding diaryl/α,β-unsaturated/α-hetero) is 1. The summed E-state index contributed by atoms with van der Waals surface area (Å²) >= 11 is 0. The molecule has 0 radical (unpaired) electrons. The van der Waals surface area contributed by atoms with Crippen molar-refractivity contribution in [1.29, 1.82) is 0 Å². The van der Waals surface area contributed by atoms with E-state index in [2.05, 4.69) is 49.1 Å². The number of para-hydroxylation sites is 1. The van der Waals surface area contributed by atoms with Crippen molar-refractivity contribution < 1.29 is 38.4 Å². The van der Waals surface area contributed by atoms with Crippen molar-refractivity contribution >= 4 is 16.7 Å². The molecule has 3 aromatic rings. The number of fused-ring (bicyclic) bond motifs is 1. The summed E-state index contributed by atoms with van der Waals surface area (Å²) < 4.78 is 1.09. The van der Waals surface area contributed by atoms with E-state index < -0.39 is 0 Å². The van der Waals surface area contributed by atoms with Gasteiger partial charge in [0.1, 0.15) is 11.5 Å². The lowest BCUT2D eigenvalue weighted by molar-refractivity contribution is -0.894. The second-order valence-electron chi connectivity index (χ2n) is 10.9. The molecule has 2 aromatic carbocycles. The fourth-order valence-electron chi connectivity index (χ4n) is 5.30. The molecule has 1 aliphatic heterocycles. The largest absolute Gasteiger partial charge is 1.00 e. The molecule has 1 aromatic heterocycles. The maximum atomic E-state index is 13.0. The van der Waals surface area contributed by atoms with Crippen molar-refractivity contribution in [3.05, 3.63) is 64.8 Å². The van der Waals surface area contributed by atoms with Crippen LogP contribution in [0, 0.1) is 0 Å². The average Bonchev–Trinajstić information content (AvgIpc) is 3.24. The highest BCUT2D eigenvalue weighted by Gasteiger charge is 2.24. The summed E-state index contributed by atoms with van der Waals surface area (Å²) in [4.78, 5) is 18.8. The van der Waals surface area contributed by atoms with Crippen LogP contribution in [0.1, 0.15) is 54.9 Å². The number of unbranched alkanes of at least 4 members (excludes halogenated alkanes) is 1. The lowest BCUT2D eigenvalue weighted by Gasteiger charge is -2.39. The van der Waals surface area contributed by atoms with Gasteiger partial charge in [-0.05, 0) is 54.6 Å². The number of aromatic hydroxyl groups is 1. The summed E-state index contributed by atoms with van der Waals surface area (Å²) in [6.45, 7) is 7.81. The van der Waals surface area contributed by atoms with Gasteiger partial charge in [0.25, 0.3) is 0 Å². The second kappa shape index (κ2) is 13.1. The van der Waals surface area contributed by atoms with E-state index in [1.165, 1.54) is 29.6 Å². The molecule has 2 heterocycles. The van der Waals surface area contributed by atoms with Crippen LogP contribution in [0.5, 0.6) is 5.75 Å². The van der Waals surface area contributed by atoms with E-state index >= 15 is 0 Å². The average molecular weight is 604 g/mol. The van der Waals surface area contributed by atoms with Crippen molar-refractivity contribution in [2.75, 3.05) is 46.8 Å². The first-order valence-corrected chi connectivity index (χ1v) is 13.3. The van der Waals surface area contributed by atoms with Gasteiger partial charge in [0.15, 0.2) is 0 Å². The zero-order valence-corrected chi connectivity index (χ0v) is 24.3. The van der Waals surface area contributed by atoms with Gasteiger partial charge in [0.2, 0.25) is 0 Å². The molecule has 0 aliphatic carbocycles. The molecule has 4 rings (SSSR count). The Morgan fingerprint density at radius 1 is 1.03 bits per heavy atom. The number of halogens is 1. The molecule has 36 heavy (non-hydrogen) atoms. The third kappa shape index (κ3) is 7.33. The number of piperazine rings is 1. The molecular formula is C30H42IN3O2. The van der Waals surface area contributed by atoms with E-state index in [1.54, 1.807) is 6.07 Å². The Morgan fingerprint density at radius 2 is 1.78 bits per heavy atom. The molecule has 0 amide bonds. The van der Waals surface area contributed by atoms with Gasteiger partial charge in [-0.1, -0.05) is 37.6 Å². The number of nitrogens with zero attached hydrogens (tertiary/aromatic N) is 2. The third-order valence-corrected chi connectivity index (χ3v) is 7.69. The maximum absolute atomic E-state index is 13.0. The highest BCUT2D eigenvalue weighted by atomic mass is 127. The predicted octanol–water partition coefficient (Wildman–Crippen LogP) is 2.09. The number of hydrogen-bond acceptors (Lipinski definition) is 3. The zero-order chi connectivity index (χ0) is 24.8. The number of carbonyl (C=O) groups is 1. The van der Waals surface area contributed by atoms with Crippen LogP contribution in [0.2, 0.25) is 0 Å². The number of rotatable bonds is 11. The number of H-pyrrole nitrogens is 1. The standard InChI is InChI=1S/C30H41N3O2.HI/c1-4-5-10-26-23(20-25(34)9-8-15-32-16-18-33(2,3)19-17-32)13-14-30(35)28(26)21-24-22-31-29-12-7-6-11-27(24)29;/h6-7,11-14,22,31H,4-5,8-10,15-21H2,1-3H3;1H. The minimum atomic E-state index is 0. The molecule has 0 bridgehead atoms. The van der Waals surface area contributed by atoms with E-state index in [-0.39, 0.29) is 24.0 Å². The van der Waals surface area contributed by atoms with Gasteiger partial charge in [-0.15, -0.1) is 0 Å². The van der Waals surface area contributed by atoms with Gasteiger partial charge in [-0.25, -0.2) is 0 Å². The van der Waals surface area contributed by atoms with Crippen LogP contribution in [0.15, 0.2) is 42.6 Å². The van der Waals surface area contributed by atoms with Gasteiger partial charge < -0.3 is 38.6 Å². The second-order valence-corrected chi connectivity index (χ2v) is 10.9. The Bertz CT molecular complexity index is 1140. The molecular weight excluding hydrogens is 561 g/mol. The molecule has 5 nitrogen and oxygen atoms in total. The topological polar surface area (TPSA) is 56.3 Å². The quantitative estimate of drug-likeness (QED) is 0.261. The molecule has 2 N–H and O–H groups in total. The van der Waals surface area contributed by atoms with Crippen molar-refractivity contribution in [2.24, 2.45) is 0 Å². The van der Waals surface area contributed by atoms with Crippen LogP contribution in [-0.4, -0.2) is 72.1 Å². The number of nitrogens with one attached hydrogen (secondary N) is 1. The number of hydrogen-bond donors (Lipinski definition) is 2. The Morgan fingerprint density at radius 3 is 2.53 bits per heavy atom. The first-order valence-electron chi connectivity index (χ1n) is 13.3. The molecule has 0 unspecified atom stereocenters. The van der Waals surface area contributed by atoms with Crippen LogP contribution >= 0.6 is 0 Å².